The molecule has 2 aromatic rings. The van der Waals surface area contributed by atoms with E-state index in [1.807, 2.05) is 0 Å². The van der Waals surface area contributed by atoms with Gasteiger partial charge in [0.05, 0.1) is 21.7 Å². The molecule has 21 heavy (non-hydrogen) atoms. The first-order valence-electron chi connectivity index (χ1n) is 6.43. The zero-order chi connectivity index (χ0) is 15.0. The molecule has 7 nitrogen and oxygen atoms in total. The normalized spacial score (nSPS) is 18.6. The first kappa shape index (κ1) is 13.2. The van der Waals surface area contributed by atoms with Gasteiger partial charge < -0.3 is 0 Å². The molecular formula is C14H11N3O4. The molecule has 0 aliphatic carbocycles. The lowest BCUT2D eigenvalue weighted by molar-refractivity contribution is -0.383. The highest BCUT2D eigenvalue weighted by Crippen LogP contribution is 2.30. The van der Waals surface area contributed by atoms with Crippen LogP contribution in [0.25, 0.3) is 10.9 Å². The highest BCUT2D eigenvalue weighted by atomic mass is 16.6. The molecule has 0 bridgehead atoms. The lowest BCUT2D eigenvalue weighted by Gasteiger charge is -2.20. The zero-order valence-corrected chi connectivity index (χ0v) is 10.9. The van der Waals surface area contributed by atoms with Crippen molar-refractivity contribution in [1.82, 2.24) is 10.3 Å². The Morgan fingerprint density at radius 2 is 2.14 bits per heavy atom. The Morgan fingerprint density at radius 3 is 2.86 bits per heavy atom. The predicted molar refractivity (Wildman–Crippen MR) is 73.5 cm³/mol. The van der Waals surface area contributed by atoms with Gasteiger partial charge in [0.25, 0.3) is 5.69 Å². The SMILES string of the molecule is O=C1CCC(c2cnc3cccc([N+](=O)[O-])c3c2)C(=O)N1. The number of fused-ring (bicyclic) bond motifs is 1. The lowest BCUT2D eigenvalue weighted by Crippen LogP contribution is -2.39. The van der Waals surface area contributed by atoms with Gasteiger partial charge in [-0.15, -0.1) is 0 Å². The number of pyridine rings is 1. The lowest BCUT2D eigenvalue weighted by atomic mass is 9.91. The third-order valence-corrected chi connectivity index (χ3v) is 3.56. The van der Waals surface area contributed by atoms with Crippen LogP contribution in [0.1, 0.15) is 24.3 Å². The number of hydrogen-bond acceptors (Lipinski definition) is 5. The highest BCUT2D eigenvalue weighted by molar-refractivity contribution is 6.01. The van der Waals surface area contributed by atoms with Crippen molar-refractivity contribution in [2.24, 2.45) is 0 Å². The summed E-state index contributed by atoms with van der Waals surface area (Å²) in [5.41, 5.74) is 1.04. The van der Waals surface area contributed by atoms with Crippen molar-refractivity contribution >= 4 is 28.4 Å². The Morgan fingerprint density at radius 1 is 1.33 bits per heavy atom. The number of nitro groups is 1. The number of nitrogens with one attached hydrogen (secondary N) is 1. The maximum atomic E-state index is 11.9. The molecule has 1 N–H and O–H groups in total. The molecule has 1 saturated heterocycles. The molecule has 1 aliphatic rings. The average Bonchev–Trinajstić information content (AvgIpc) is 2.46. The Kier molecular flexibility index (Phi) is 3.09. The van der Waals surface area contributed by atoms with Crippen molar-refractivity contribution < 1.29 is 14.5 Å². The van der Waals surface area contributed by atoms with Crippen molar-refractivity contribution in [3.05, 3.63) is 46.1 Å². The van der Waals surface area contributed by atoms with Crippen molar-refractivity contribution in [1.29, 1.82) is 0 Å². The van der Waals surface area contributed by atoms with Crippen LogP contribution in [-0.2, 0) is 9.59 Å². The summed E-state index contributed by atoms with van der Waals surface area (Å²) in [5.74, 6) is -1.18. The first-order valence-corrected chi connectivity index (χ1v) is 6.43. The molecule has 1 unspecified atom stereocenters. The quantitative estimate of drug-likeness (QED) is 0.513. The van der Waals surface area contributed by atoms with Crippen LogP contribution >= 0.6 is 0 Å². The summed E-state index contributed by atoms with van der Waals surface area (Å²) >= 11 is 0. The summed E-state index contributed by atoms with van der Waals surface area (Å²) in [6, 6.07) is 6.26. The van der Waals surface area contributed by atoms with E-state index >= 15 is 0 Å². The Balaban J connectivity index is 2.08. The van der Waals surface area contributed by atoms with Crippen LogP contribution in [0.2, 0.25) is 0 Å². The van der Waals surface area contributed by atoms with Gasteiger partial charge in [0.1, 0.15) is 0 Å². The molecule has 2 heterocycles. The van der Waals surface area contributed by atoms with E-state index in [4.69, 9.17) is 0 Å². The Hall–Kier alpha value is -2.83. The van der Waals surface area contributed by atoms with E-state index in [1.165, 1.54) is 12.3 Å². The van der Waals surface area contributed by atoms with Crippen molar-refractivity contribution in [2.75, 3.05) is 0 Å². The topological polar surface area (TPSA) is 102 Å². The zero-order valence-electron chi connectivity index (χ0n) is 10.9. The average molecular weight is 285 g/mol. The molecule has 1 aliphatic heterocycles. The molecule has 1 atom stereocenters. The molecule has 3 rings (SSSR count). The van der Waals surface area contributed by atoms with E-state index < -0.39 is 10.8 Å². The van der Waals surface area contributed by atoms with Gasteiger partial charge in [-0.25, -0.2) is 0 Å². The van der Waals surface area contributed by atoms with Crippen LogP contribution in [0.15, 0.2) is 30.5 Å². The van der Waals surface area contributed by atoms with Crippen molar-refractivity contribution in [2.45, 2.75) is 18.8 Å². The van der Waals surface area contributed by atoms with Crippen LogP contribution < -0.4 is 5.32 Å². The Bertz CT molecular complexity index is 772. The fraction of sp³-hybridized carbons (Fsp3) is 0.214. The van der Waals surface area contributed by atoms with E-state index in [2.05, 4.69) is 10.3 Å². The molecule has 1 aromatic carbocycles. The number of piperidine rings is 1. The van der Waals surface area contributed by atoms with Gasteiger partial charge in [0.2, 0.25) is 11.8 Å². The summed E-state index contributed by atoms with van der Waals surface area (Å²) < 4.78 is 0. The maximum Gasteiger partial charge on any atom is 0.278 e. The molecule has 1 aromatic heterocycles. The van der Waals surface area contributed by atoms with Crippen LogP contribution in [-0.4, -0.2) is 21.7 Å². The number of aromatic nitrogens is 1. The first-order chi connectivity index (χ1) is 10.1. The minimum Gasteiger partial charge on any atom is -0.296 e. The molecular weight excluding hydrogens is 274 g/mol. The van der Waals surface area contributed by atoms with Gasteiger partial charge >= 0.3 is 0 Å². The van der Waals surface area contributed by atoms with Gasteiger partial charge in [-0.3, -0.25) is 30.0 Å². The third-order valence-electron chi connectivity index (χ3n) is 3.56. The summed E-state index contributed by atoms with van der Waals surface area (Å²) in [6.45, 7) is 0. The number of carbonyl (C=O) groups is 2. The molecule has 106 valence electrons. The smallest absolute Gasteiger partial charge is 0.278 e. The third kappa shape index (κ3) is 2.33. The number of nitro benzene ring substituents is 1. The molecule has 7 heteroatoms. The van der Waals surface area contributed by atoms with Crippen LogP contribution in [0.5, 0.6) is 0 Å². The van der Waals surface area contributed by atoms with Crippen LogP contribution in [0.4, 0.5) is 5.69 Å². The van der Waals surface area contributed by atoms with Crippen LogP contribution in [0.3, 0.4) is 0 Å². The molecule has 1 fully saturated rings. The minimum atomic E-state index is -0.501. The van der Waals surface area contributed by atoms with Crippen LogP contribution in [0, 0.1) is 10.1 Å². The predicted octanol–water partition coefficient (Wildman–Crippen LogP) is 1.66. The van der Waals surface area contributed by atoms with E-state index in [0.717, 1.165) is 0 Å². The molecule has 0 radical (unpaired) electrons. The molecule has 2 amide bonds. The van der Waals surface area contributed by atoms with E-state index in [-0.39, 0.29) is 23.9 Å². The van der Waals surface area contributed by atoms with E-state index in [0.29, 0.717) is 22.9 Å². The largest absolute Gasteiger partial charge is 0.296 e. The number of benzene rings is 1. The number of amides is 2. The van der Waals surface area contributed by atoms with Crippen molar-refractivity contribution in [3.8, 4) is 0 Å². The summed E-state index contributed by atoms with van der Waals surface area (Å²) in [7, 11) is 0. The summed E-state index contributed by atoms with van der Waals surface area (Å²) in [4.78, 5) is 37.8. The second-order valence-corrected chi connectivity index (χ2v) is 4.87. The monoisotopic (exact) mass is 285 g/mol. The van der Waals surface area contributed by atoms with Gasteiger partial charge in [-0.05, 0) is 24.1 Å². The van der Waals surface area contributed by atoms with Gasteiger partial charge in [0, 0.05) is 18.7 Å². The second-order valence-electron chi connectivity index (χ2n) is 4.87. The highest BCUT2D eigenvalue weighted by Gasteiger charge is 2.28. The molecule has 0 saturated carbocycles. The summed E-state index contributed by atoms with van der Waals surface area (Å²) in [5, 5.41) is 13.7. The summed E-state index contributed by atoms with van der Waals surface area (Å²) in [6.07, 6.45) is 2.18. The van der Waals surface area contributed by atoms with Crippen molar-refractivity contribution in [3.63, 3.8) is 0 Å². The number of carbonyl (C=O) groups excluding carboxylic acids is 2. The number of rotatable bonds is 2. The number of non-ortho nitro benzene ring substituents is 1. The second kappa shape index (κ2) is 4.93. The fourth-order valence-corrected chi connectivity index (χ4v) is 2.51. The number of imide groups is 1. The van der Waals surface area contributed by atoms with Gasteiger partial charge in [0.15, 0.2) is 0 Å². The Labute approximate surface area is 119 Å². The minimum absolute atomic E-state index is 0.0471. The number of nitrogens with zero attached hydrogens (tertiary/aromatic N) is 2. The van der Waals surface area contributed by atoms with E-state index in [9.17, 15) is 19.7 Å². The fourth-order valence-electron chi connectivity index (χ4n) is 2.51. The maximum absolute atomic E-state index is 11.9. The van der Waals surface area contributed by atoms with Gasteiger partial charge in [-0.2, -0.15) is 0 Å². The standard InChI is InChI=1S/C14H11N3O4/c18-13-5-4-9(14(19)16-13)8-6-10-11(15-7-8)2-1-3-12(10)17(20)21/h1-3,6-7,9H,4-5H2,(H,16,18,19). The van der Waals surface area contributed by atoms with Gasteiger partial charge in [-0.1, -0.05) is 6.07 Å². The van der Waals surface area contributed by atoms with E-state index in [1.54, 1.807) is 18.2 Å². The number of hydrogen-bond donors (Lipinski definition) is 1. The molecule has 0 spiro atoms.